The molecule has 0 heterocycles. The van der Waals surface area contributed by atoms with Crippen molar-refractivity contribution in [1.29, 1.82) is 0 Å². The number of rotatable bonds is 12. The number of aryl methyl sites for hydroxylation is 2. The maximum atomic E-state index is 14.2. The van der Waals surface area contributed by atoms with E-state index in [-0.39, 0.29) is 18.4 Å². The zero-order valence-corrected chi connectivity index (χ0v) is 25.2. The molecular formula is C32H41N3O4S. The van der Waals surface area contributed by atoms with Crippen LogP contribution in [0, 0.1) is 26.7 Å². The first-order valence-electron chi connectivity index (χ1n) is 13.6. The first-order valence-corrected chi connectivity index (χ1v) is 15.4. The number of hydrogen-bond donors (Lipinski definition) is 1. The SMILES string of the molecule is Cc1ccc(CN(C(=O)CN(c2cccc(C)c2C)S(C)(=O)=O)C(Cc2ccccc2)C(=O)NCC(C)C)cc1. The van der Waals surface area contributed by atoms with Crippen molar-refractivity contribution in [2.24, 2.45) is 5.92 Å². The number of carbonyl (C=O) groups is 2. The molecule has 0 fully saturated rings. The van der Waals surface area contributed by atoms with E-state index < -0.39 is 28.5 Å². The van der Waals surface area contributed by atoms with Gasteiger partial charge in [0.15, 0.2) is 0 Å². The number of benzene rings is 3. The molecule has 0 saturated heterocycles. The lowest BCUT2D eigenvalue weighted by Gasteiger charge is -2.34. The summed E-state index contributed by atoms with van der Waals surface area (Å²) in [6.45, 7) is 9.96. The van der Waals surface area contributed by atoms with Crippen LogP contribution in [0.3, 0.4) is 0 Å². The molecule has 1 N–H and O–H groups in total. The summed E-state index contributed by atoms with van der Waals surface area (Å²) in [5.41, 5.74) is 4.99. The van der Waals surface area contributed by atoms with Gasteiger partial charge in [0.25, 0.3) is 0 Å². The van der Waals surface area contributed by atoms with E-state index in [0.717, 1.165) is 38.4 Å². The second-order valence-corrected chi connectivity index (χ2v) is 12.7. The predicted octanol–water partition coefficient (Wildman–Crippen LogP) is 4.79. The van der Waals surface area contributed by atoms with E-state index in [1.807, 2.05) is 95.3 Å². The van der Waals surface area contributed by atoms with Crippen molar-refractivity contribution in [2.75, 3.05) is 23.7 Å². The first kappa shape index (κ1) is 30.9. The maximum Gasteiger partial charge on any atom is 0.244 e. The highest BCUT2D eigenvalue weighted by Gasteiger charge is 2.33. The van der Waals surface area contributed by atoms with Crippen molar-refractivity contribution in [2.45, 2.75) is 53.6 Å². The van der Waals surface area contributed by atoms with E-state index >= 15 is 0 Å². The van der Waals surface area contributed by atoms with Gasteiger partial charge in [-0.2, -0.15) is 0 Å². The Morgan fingerprint density at radius 2 is 1.50 bits per heavy atom. The Hall–Kier alpha value is -3.65. The third kappa shape index (κ3) is 8.42. The van der Waals surface area contributed by atoms with Crippen LogP contribution < -0.4 is 9.62 Å². The standard InChI is InChI=1S/C32H41N3O4S/c1-23(2)20-33-32(37)30(19-27-12-8-7-9-13-27)34(21-28-17-15-24(3)16-18-28)31(36)22-35(40(6,38)39)29-14-10-11-25(4)26(29)5/h7-18,23,30H,19-22H2,1-6H3,(H,33,37). The number of anilines is 1. The van der Waals surface area contributed by atoms with Crippen molar-refractivity contribution in [3.63, 3.8) is 0 Å². The molecule has 0 aliphatic rings. The largest absolute Gasteiger partial charge is 0.354 e. The molecule has 8 heteroatoms. The van der Waals surface area contributed by atoms with E-state index in [4.69, 9.17) is 0 Å². The molecule has 0 saturated carbocycles. The summed E-state index contributed by atoms with van der Waals surface area (Å²) in [4.78, 5) is 29.3. The monoisotopic (exact) mass is 563 g/mol. The fraction of sp³-hybridized carbons (Fsp3) is 0.375. The Kier molecular flexibility index (Phi) is 10.5. The molecule has 0 aromatic heterocycles. The van der Waals surface area contributed by atoms with Crippen molar-refractivity contribution in [3.8, 4) is 0 Å². The molecular weight excluding hydrogens is 522 g/mol. The van der Waals surface area contributed by atoms with Crippen LogP contribution in [0.2, 0.25) is 0 Å². The van der Waals surface area contributed by atoms with Gasteiger partial charge in [0.2, 0.25) is 21.8 Å². The molecule has 0 aliphatic carbocycles. The fourth-order valence-electron chi connectivity index (χ4n) is 4.47. The van der Waals surface area contributed by atoms with E-state index in [2.05, 4.69) is 5.32 Å². The van der Waals surface area contributed by atoms with Gasteiger partial charge in [0.05, 0.1) is 11.9 Å². The van der Waals surface area contributed by atoms with Crippen molar-refractivity contribution in [3.05, 3.63) is 101 Å². The average Bonchev–Trinajstić information content (AvgIpc) is 2.90. The van der Waals surface area contributed by atoms with Gasteiger partial charge < -0.3 is 10.2 Å². The van der Waals surface area contributed by atoms with Crippen molar-refractivity contribution < 1.29 is 18.0 Å². The van der Waals surface area contributed by atoms with Crippen LogP contribution >= 0.6 is 0 Å². The van der Waals surface area contributed by atoms with Crippen LogP contribution in [0.4, 0.5) is 5.69 Å². The summed E-state index contributed by atoms with van der Waals surface area (Å²) in [6, 6.07) is 21.9. The molecule has 3 aromatic carbocycles. The van der Waals surface area contributed by atoms with Crippen LogP contribution in [-0.4, -0.2) is 50.5 Å². The molecule has 3 aromatic rings. The molecule has 40 heavy (non-hydrogen) atoms. The molecule has 1 unspecified atom stereocenters. The summed E-state index contributed by atoms with van der Waals surface area (Å²) in [5.74, 6) is -0.490. The van der Waals surface area contributed by atoms with Gasteiger partial charge >= 0.3 is 0 Å². The summed E-state index contributed by atoms with van der Waals surface area (Å²) in [5, 5.41) is 3.00. The minimum Gasteiger partial charge on any atom is -0.354 e. The predicted molar refractivity (Wildman–Crippen MR) is 162 cm³/mol. The van der Waals surface area contributed by atoms with Crippen LogP contribution in [-0.2, 0) is 32.6 Å². The van der Waals surface area contributed by atoms with Crippen molar-refractivity contribution in [1.82, 2.24) is 10.2 Å². The molecule has 3 rings (SSSR count). The fourth-order valence-corrected chi connectivity index (χ4v) is 5.37. The number of nitrogens with one attached hydrogen (secondary N) is 1. The zero-order valence-electron chi connectivity index (χ0n) is 24.3. The minimum atomic E-state index is -3.81. The molecule has 0 aliphatic heterocycles. The Morgan fingerprint density at radius 3 is 2.10 bits per heavy atom. The lowest BCUT2D eigenvalue weighted by atomic mass is 10.0. The van der Waals surface area contributed by atoms with Crippen molar-refractivity contribution >= 4 is 27.5 Å². The van der Waals surface area contributed by atoms with Crippen LogP contribution in [0.5, 0.6) is 0 Å². The van der Waals surface area contributed by atoms with E-state index in [1.165, 1.54) is 4.90 Å². The third-order valence-electron chi connectivity index (χ3n) is 6.95. The van der Waals surface area contributed by atoms with Crippen LogP contribution in [0.25, 0.3) is 0 Å². The molecule has 0 radical (unpaired) electrons. The number of nitrogens with zero attached hydrogens (tertiary/aromatic N) is 2. The molecule has 2 amide bonds. The topological polar surface area (TPSA) is 86.8 Å². The maximum absolute atomic E-state index is 14.2. The molecule has 0 bridgehead atoms. The smallest absolute Gasteiger partial charge is 0.244 e. The quantitative estimate of drug-likeness (QED) is 0.343. The minimum absolute atomic E-state index is 0.163. The number of carbonyl (C=O) groups excluding carboxylic acids is 2. The number of amides is 2. The van der Waals surface area contributed by atoms with Gasteiger partial charge in [0.1, 0.15) is 12.6 Å². The second kappa shape index (κ2) is 13.6. The van der Waals surface area contributed by atoms with Crippen LogP contribution in [0.1, 0.15) is 41.7 Å². The van der Waals surface area contributed by atoms with Gasteiger partial charge in [-0.25, -0.2) is 8.42 Å². The Balaban J connectivity index is 2.07. The lowest BCUT2D eigenvalue weighted by molar-refractivity contribution is -0.140. The van der Waals surface area contributed by atoms with Gasteiger partial charge in [-0.3, -0.25) is 13.9 Å². The Labute approximate surface area is 239 Å². The highest BCUT2D eigenvalue weighted by Crippen LogP contribution is 2.26. The first-order chi connectivity index (χ1) is 18.9. The normalized spacial score (nSPS) is 12.2. The zero-order chi connectivity index (χ0) is 29.4. The van der Waals surface area contributed by atoms with E-state index in [1.54, 1.807) is 12.1 Å². The second-order valence-electron chi connectivity index (χ2n) is 10.8. The highest BCUT2D eigenvalue weighted by molar-refractivity contribution is 7.92. The van der Waals surface area contributed by atoms with Gasteiger partial charge in [0, 0.05) is 19.5 Å². The van der Waals surface area contributed by atoms with E-state index in [9.17, 15) is 18.0 Å². The summed E-state index contributed by atoms with van der Waals surface area (Å²) >= 11 is 0. The molecule has 7 nitrogen and oxygen atoms in total. The Bertz CT molecular complexity index is 1400. The van der Waals surface area contributed by atoms with Gasteiger partial charge in [-0.1, -0.05) is 86.1 Å². The lowest BCUT2D eigenvalue weighted by Crippen LogP contribution is -2.53. The summed E-state index contributed by atoms with van der Waals surface area (Å²) in [6.07, 6.45) is 1.40. The molecule has 0 spiro atoms. The number of sulfonamides is 1. The summed E-state index contributed by atoms with van der Waals surface area (Å²) < 4.78 is 27.1. The van der Waals surface area contributed by atoms with E-state index in [0.29, 0.717) is 18.7 Å². The number of hydrogen-bond acceptors (Lipinski definition) is 4. The Morgan fingerprint density at radius 1 is 0.850 bits per heavy atom. The van der Waals surface area contributed by atoms with Crippen LogP contribution in [0.15, 0.2) is 72.8 Å². The molecule has 1 atom stereocenters. The average molecular weight is 564 g/mol. The van der Waals surface area contributed by atoms with Gasteiger partial charge in [-0.05, 0) is 55.0 Å². The summed E-state index contributed by atoms with van der Waals surface area (Å²) in [7, 11) is -3.81. The highest BCUT2D eigenvalue weighted by atomic mass is 32.2. The third-order valence-corrected chi connectivity index (χ3v) is 8.08. The molecule has 214 valence electrons. The van der Waals surface area contributed by atoms with Gasteiger partial charge in [-0.15, -0.1) is 0 Å².